The van der Waals surface area contributed by atoms with Gasteiger partial charge in [0, 0.05) is 11.1 Å². The average Bonchev–Trinajstić information content (AvgIpc) is 2.45. The van der Waals surface area contributed by atoms with Crippen molar-refractivity contribution < 1.29 is 34.7 Å². The number of nitrogens with zero attached hydrogens (tertiary/aromatic N) is 1. The quantitative estimate of drug-likeness (QED) is 0.638. The maximum absolute atomic E-state index is 12.4. The van der Waals surface area contributed by atoms with Crippen molar-refractivity contribution in [3.63, 3.8) is 0 Å². The SMILES string of the molecule is FC(F)(F)[n+]1c[nH]c2ccc(Cl)cc21.[Br-]. The number of H-pyrrole nitrogens is 1. The van der Waals surface area contributed by atoms with E-state index in [0.29, 0.717) is 5.52 Å². The molecular weight excluding hydrogens is 296 g/mol. The summed E-state index contributed by atoms with van der Waals surface area (Å²) in [6.45, 7) is 0. The van der Waals surface area contributed by atoms with Gasteiger partial charge in [-0.3, -0.25) is 0 Å². The molecule has 2 nitrogen and oxygen atoms in total. The summed E-state index contributed by atoms with van der Waals surface area (Å²) in [6.07, 6.45) is -3.57. The number of rotatable bonds is 0. The topological polar surface area (TPSA) is 19.7 Å². The third-order valence-corrected chi connectivity index (χ3v) is 2.08. The molecule has 0 atom stereocenters. The van der Waals surface area contributed by atoms with Crippen LogP contribution in [0.25, 0.3) is 11.0 Å². The van der Waals surface area contributed by atoms with Crippen molar-refractivity contribution in [3.8, 4) is 0 Å². The van der Waals surface area contributed by atoms with Gasteiger partial charge in [0.05, 0.1) is 0 Å². The molecule has 1 heterocycles. The molecule has 0 saturated heterocycles. The van der Waals surface area contributed by atoms with Crippen molar-refractivity contribution in [3.05, 3.63) is 29.5 Å². The first kappa shape index (κ1) is 12.3. The predicted octanol–water partition coefficient (Wildman–Crippen LogP) is -0.411. The van der Waals surface area contributed by atoms with Gasteiger partial charge in [0.2, 0.25) is 6.33 Å². The zero-order chi connectivity index (χ0) is 10.3. The Morgan fingerprint density at radius 2 is 1.93 bits per heavy atom. The highest BCUT2D eigenvalue weighted by Gasteiger charge is 2.39. The van der Waals surface area contributed by atoms with E-state index in [1.807, 2.05) is 0 Å². The molecule has 0 aliphatic heterocycles. The smallest absolute Gasteiger partial charge is 0.567 e. The fraction of sp³-hybridized carbons (Fsp3) is 0.125. The lowest BCUT2D eigenvalue weighted by Gasteiger charge is -2.00. The molecule has 0 spiro atoms. The van der Waals surface area contributed by atoms with E-state index in [9.17, 15) is 13.2 Å². The van der Waals surface area contributed by atoms with Crippen molar-refractivity contribution in [1.29, 1.82) is 0 Å². The molecule has 1 aromatic carbocycles. The van der Waals surface area contributed by atoms with Crippen molar-refractivity contribution in [2.24, 2.45) is 0 Å². The van der Waals surface area contributed by atoms with Gasteiger partial charge >= 0.3 is 6.30 Å². The van der Waals surface area contributed by atoms with Crippen LogP contribution in [-0.2, 0) is 6.30 Å². The second-order valence-electron chi connectivity index (χ2n) is 2.77. The molecule has 2 aromatic rings. The van der Waals surface area contributed by atoms with E-state index in [1.54, 1.807) is 0 Å². The van der Waals surface area contributed by atoms with Crippen molar-refractivity contribution >= 4 is 22.6 Å². The van der Waals surface area contributed by atoms with Crippen molar-refractivity contribution in [2.45, 2.75) is 6.30 Å². The summed E-state index contributed by atoms with van der Waals surface area (Å²) >= 11 is 5.60. The minimum Gasteiger partial charge on any atom is -1.00 e. The van der Waals surface area contributed by atoms with Gasteiger partial charge in [0.1, 0.15) is 0 Å². The van der Waals surface area contributed by atoms with Crippen LogP contribution in [0.15, 0.2) is 24.5 Å². The zero-order valence-corrected chi connectivity index (χ0v) is 9.49. The van der Waals surface area contributed by atoms with E-state index in [2.05, 4.69) is 4.98 Å². The summed E-state index contributed by atoms with van der Waals surface area (Å²) in [5.74, 6) is 0. The summed E-state index contributed by atoms with van der Waals surface area (Å²) in [5, 5.41) is 0.273. The maximum atomic E-state index is 12.4. The Hall–Kier alpha value is -0.750. The molecule has 2 rings (SSSR count). The van der Waals surface area contributed by atoms with Gasteiger partial charge in [-0.05, 0) is 12.1 Å². The van der Waals surface area contributed by atoms with Gasteiger partial charge < -0.3 is 17.0 Å². The first-order valence-corrected chi connectivity index (χ1v) is 4.12. The highest BCUT2D eigenvalue weighted by molar-refractivity contribution is 6.31. The van der Waals surface area contributed by atoms with Gasteiger partial charge in [-0.1, -0.05) is 11.6 Å². The van der Waals surface area contributed by atoms with E-state index < -0.39 is 6.30 Å². The minimum atomic E-state index is -4.43. The van der Waals surface area contributed by atoms with Crippen LogP contribution in [-0.4, -0.2) is 4.98 Å². The van der Waals surface area contributed by atoms with Crippen LogP contribution < -0.4 is 21.5 Å². The Morgan fingerprint density at radius 3 is 2.53 bits per heavy atom. The minimum absolute atomic E-state index is 0. The summed E-state index contributed by atoms with van der Waals surface area (Å²) < 4.78 is 37.3. The average molecular weight is 301 g/mol. The number of benzene rings is 1. The molecule has 0 aliphatic rings. The number of hydrogen-bond acceptors (Lipinski definition) is 0. The van der Waals surface area contributed by atoms with Crippen LogP contribution in [0.1, 0.15) is 0 Å². The highest BCUT2D eigenvalue weighted by atomic mass is 79.9. The van der Waals surface area contributed by atoms with Crippen molar-refractivity contribution in [1.82, 2.24) is 4.98 Å². The maximum Gasteiger partial charge on any atom is 0.567 e. The zero-order valence-electron chi connectivity index (χ0n) is 7.15. The molecule has 1 N–H and O–H groups in total. The van der Waals surface area contributed by atoms with Crippen LogP contribution in [0.3, 0.4) is 0 Å². The van der Waals surface area contributed by atoms with E-state index in [1.165, 1.54) is 18.2 Å². The first-order chi connectivity index (χ1) is 6.48. The largest absolute Gasteiger partial charge is 1.00 e. The molecule has 1 aromatic heterocycles. The van der Waals surface area contributed by atoms with Crippen LogP contribution >= 0.6 is 11.6 Å². The van der Waals surface area contributed by atoms with Crippen molar-refractivity contribution in [2.75, 3.05) is 0 Å². The van der Waals surface area contributed by atoms with Gasteiger partial charge in [0.25, 0.3) is 0 Å². The third-order valence-electron chi connectivity index (χ3n) is 1.84. The number of aromatic amines is 1. The lowest BCUT2D eigenvalue weighted by molar-refractivity contribution is -0.836. The fourth-order valence-corrected chi connectivity index (χ4v) is 1.41. The van der Waals surface area contributed by atoms with E-state index in [0.717, 1.165) is 6.33 Å². The summed E-state index contributed by atoms with van der Waals surface area (Å²) in [4.78, 5) is 2.51. The highest BCUT2D eigenvalue weighted by Crippen LogP contribution is 2.20. The Morgan fingerprint density at radius 1 is 1.27 bits per heavy atom. The Labute approximate surface area is 98.4 Å². The summed E-state index contributed by atoms with van der Waals surface area (Å²) in [6, 6.07) is 4.29. The van der Waals surface area contributed by atoms with Crippen LogP contribution in [0.2, 0.25) is 5.02 Å². The van der Waals surface area contributed by atoms with Gasteiger partial charge in [-0.2, -0.15) is 0 Å². The molecule has 0 amide bonds. The Bertz CT molecular complexity index is 480. The van der Waals surface area contributed by atoms with Crippen LogP contribution in [0.4, 0.5) is 13.2 Å². The summed E-state index contributed by atoms with van der Waals surface area (Å²) in [7, 11) is 0. The fourth-order valence-electron chi connectivity index (χ4n) is 1.24. The molecule has 7 heteroatoms. The number of fused-ring (bicyclic) bond motifs is 1. The van der Waals surface area contributed by atoms with Gasteiger partial charge in [0.15, 0.2) is 11.0 Å². The predicted molar refractivity (Wildman–Crippen MR) is 44.8 cm³/mol. The second kappa shape index (κ2) is 4.02. The molecule has 0 radical (unpaired) electrons. The normalized spacial score (nSPS) is 11.5. The van der Waals surface area contributed by atoms with Crippen LogP contribution in [0.5, 0.6) is 0 Å². The van der Waals surface area contributed by atoms with E-state index in [-0.39, 0.29) is 32.1 Å². The summed E-state index contributed by atoms with van der Waals surface area (Å²) in [5.41, 5.74) is 0.414. The first-order valence-electron chi connectivity index (χ1n) is 3.74. The molecule has 15 heavy (non-hydrogen) atoms. The second-order valence-corrected chi connectivity index (χ2v) is 3.21. The number of imidazole rings is 1. The number of alkyl halides is 3. The number of nitrogens with one attached hydrogen (secondary N) is 1. The third kappa shape index (κ3) is 2.26. The lowest BCUT2D eigenvalue weighted by Crippen LogP contribution is -3.00. The standard InChI is InChI=1S/C8H4ClF3N2.BrH/c9-5-1-2-6-7(3-5)14(4-13-6)8(10,11)12;/h1-4H;1H. The Kier molecular flexibility index (Phi) is 3.30. The molecule has 0 bridgehead atoms. The lowest BCUT2D eigenvalue weighted by atomic mass is 10.3. The van der Waals surface area contributed by atoms with Gasteiger partial charge in [-0.15, -0.1) is 17.7 Å². The Balaban J connectivity index is 0.00000112. The number of hydrogen-bond donors (Lipinski definition) is 1. The molecule has 0 fully saturated rings. The van der Waals surface area contributed by atoms with E-state index >= 15 is 0 Å². The molecule has 0 aliphatic carbocycles. The van der Waals surface area contributed by atoms with Crippen LogP contribution in [0, 0.1) is 0 Å². The number of aromatic nitrogens is 2. The number of halogens is 5. The molecular formula is C8H5BrClF3N2. The molecule has 0 unspecified atom stereocenters. The van der Waals surface area contributed by atoms with E-state index in [4.69, 9.17) is 11.6 Å². The van der Waals surface area contributed by atoms with Gasteiger partial charge in [-0.25, -0.2) is 4.98 Å². The molecule has 0 saturated carbocycles. The molecule has 82 valence electrons. The monoisotopic (exact) mass is 300 g/mol.